The predicted octanol–water partition coefficient (Wildman–Crippen LogP) is 1.84. The van der Waals surface area contributed by atoms with Crippen molar-refractivity contribution < 1.29 is 0 Å². The lowest BCUT2D eigenvalue weighted by atomic mass is 10.2. The Bertz CT molecular complexity index is 868. The number of aromatic amines is 1. The van der Waals surface area contributed by atoms with E-state index in [9.17, 15) is 9.59 Å². The van der Waals surface area contributed by atoms with Gasteiger partial charge >= 0.3 is 5.69 Å². The summed E-state index contributed by atoms with van der Waals surface area (Å²) in [5.74, 6) is 0.302. The Morgan fingerprint density at radius 1 is 1.11 bits per heavy atom. The number of nitrogens with zero attached hydrogens (tertiary/aromatic N) is 2. The quantitative estimate of drug-likeness (QED) is 0.744. The fourth-order valence-electron chi connectivity index (χ4n) is 1.90. The predicted molar refractivity (Wildman–Crippen MR) is 75.7 cm³/mol. The third-order valence-corrected chi connectivity index (χ3v) is 3.42. The molecule has 0 bridgehead atoms. The summed E-state index contributed by atoms with van der Waals surface area (Å²) in [6.07, 6.45) is 1.53. The van der Waals surface area contributed by atoms with Gasteiger partial charge < -0.3 is 4.98 Å². The number of rotatable bonds is 1. The first-order valence-electron chi connectivity index (χ1n) is 5.53. The van der Waals surface area contributed by atoms with Crippen molar-refractivity contribution in [1.82, 2.24) is 14.5 Å². The zero-order chi connectivity index (χ0) is 13.4. The summed E-state index contributed by atoms with van der Waals surface area (Å²) < 4.78 is 1.70. The molecule has 0 unspecified atom stereocenters. The molecule has 19 heavy (non-hydrogen) atoms. The van der Waals surface area contributed by atoms with Crippen LogP contribution < -0.4 is 11.2 Å². The lowest BCUT2D eigenvalue weighted by molar-refractivity contribution is 0.868. The second-order valence-electron chi connectivity index (χ2n) is 3.92. The summed E-state index contributed by atoms with van der Waals surface area (Å²) in [6.45, 7) is 0. The van der Waals surface area contributed by atoms with Gasteiger partial charge in [0.1, 0.15) is 5.82 Å². The van der Waals surface area contributed by atoms with Crippen LogP contribution in [0.1, 0.15) is 0 Å². The Labute approximate surface area is 115 Å². The monoisotopic (exact) mass is 317 g/mol. The van der Waals surface area contributed by atoms with Crippen LogP contribution >= 0.6 is 15.9 Å². The average Bonchev–Trinajstić information content (AvgIpc) is 2.41. The van der Waals surface area contributed by atoms with Crippen molar-refractivity contribution in [3.63, 3.8) is 0 Å². The van der Waals surface area contributed by atoms with Crippen molar-refractivity contribution in [2.24, 2.45) is 0 Å². The minimum atomic E-state index is -0.511. The molecular formula is C13H8BrN3O2. The van der Waals surface area contributed by atoms with Gasteiger partial charge in [0.25, 0.3) is 5.56 Å². The number of fused-ring (bicyclic) bond motifs is 1. The Morgan fingerprint density at radius 3 is 2.68 bits per heavy atom. The Balaban J connectivity index is 2.47. The molecule has 1 aromatic carbocycles. The molecule has 3 aromatic rings. The highest BCUT2D eigenvalue weighted by molar-refractivity contribution is 9.10. The molecule has 6 heteroatoms. The smallest absolute Gasteiger partial charge is 0.305 e. The maximum Gasteiger partial charge on any atom is 0.334 e. The van der Waals surface area contributed by atoms with E-state index in [2.05, 4.69) is 25.9 Å². The van der Waals surface area contributed by atoms with Gasteiger partial charge in [-0.1, -0.05) is 12.1 Å². The molecule has 0 atom stereocenters. The molecule has 2 heterocycles. The number of para-hydroxylation sites is 1. The number of hydrogen-bond acceptors (Lipinski definition) is 3. The summed E-state index contributed by atoms with van der Waals surface area (Å²) in [5, 5.41) is 0.430. The van der Waals surface area contributed by atoms with Crippen LogP contribution in [0.5, 0.6) is 0 Å². The van der Waals surface area contributed by atoms with Crippen LogP contribution in [0.3, 0.4) is 0 Å². The van der Waals surface area contributed by atoms with Crippen molar-refractivity contribution in [1.29, 1.82) is 0 Å². The minimum Gasteiger partial charge on any atom is -0.305 e. The number of benzene rings is 1. The van der Waals surface area contributed by atoms with Gasteiger partial charge in [-0.25, -0.2) is 14.3 Å². The fourth-order valence-corrected chi connectivity index (χ4v) is 2.36. The molecule has 0 radical (unpaired) electrons. The standard InChI is InChI=1S/C13H8BrN3O2/c14-9-5-3-4-8-11(9)16-13(19)17(12(8)18)10-6-1-2-7-15-10/h1-7H,(H,16,19). The molecule has 2 aromatic heterocycles. The Hall–Kier alpha value is -2.21. The second kappa shape index (κ2) is 4.47. The summed E-state index contributed by atoms with van der Waals surface area (Å²) in [7, 11) is 0. The van der Waals surface area contributed by atoms with Crippen LogP contribution in [0.25, 0.3) is 16.7 Å². The number of aromatic nitrogens is 3. The van der Waals surface area contributed by atoms with Crippen LogP contribution in [0.4, 0.5) is 0 Å². The van der Waals surface area contributed by atoms with Crippen molar-refractivity contribution in [3.8, 4) is 5.82 Å². The first kappa shape index (κ1) is 11.9. The summed E-state index contributed by atoms with van der Waals surface area (Å²) >= 11 is 3.31. The Morgan fingerprint density at radius 2 is 1.95 bits per heavy atom. The first-order chi connectivity index (χ1) is 9.18. The maximum atomic E-state index is 12.4. The topological polar surface area (TPSA) is 67.8 Å². The molecule has 5 nitrogen and oxygen atoms in total. The van der Waals surface area contributed by atoms with E-state index in [-0.39, 0.29) is 0 Å². The molecule has 94 valence electrons. The van der Waals surface area contributed by atoms with Crippen LogP contribution in [-0.2, 0) is 0 Å². The van der Waals surface area contributed by atoms with Crippen molar-refractivity contribution in [3.05, 3.63) is 67.9 Å². The highest BCUT2D eigenvalue weighted by Gasteiger charge is 2.11. The molecule has 0 saturated carbocycles. The molecule has 0 saturated heterocycles. The van der Waals surface area contributed by atoms with Gasteiger partial charge in [-0.05, 0) is 40.2 Å². The van der Waals surface area contributed by atoms with Crippen LogP contribution in [0.2, 0.25) is 0 Å². The molecule has 0 spiro atoms. The molecule has 3 rings (SSSR count). The lowest BCUT2D eigenvalue weighted by Crippen LogP contribution is -2.34. The molecule has 0 amide bonds. The van der Waals surface area contributed by atoms with E-state index >= 15 is 0 Å². The molecule has 0 aliphatic heterocycles. The van der Waals surface area contributed by atoms with Gasteiger partial charge in [0, 0.05) is 10.7 Å². The van der Waals surface area contributed by atoms with E-state index in [0.29, 0.717) is 21.2 Å². The van der Waals surface area contributed by atoms with E-state index in [1.165, 1.54) is 6.20 Å². The van der Waals surface area contributed by atoms with Crippen molar-refractivity contribution in [2.75, 3.05) is 0 Å². The van der Waals surface area contributed by atoms with E-state index in [4.69, 9.17) is 0 Å². The van der Waals surface area contributed by atoms with E-state index in [0.717, 1.165) is 4.57 Å². The third kappa shape index (κ3) is 1.90. The second-order valence-corrected chi connectivity index (χ2v) is 4.78. The number of hydrogen-bond donors (Lipinski definition) is 1. The van der Waals surface area contributed by atoms with Crippen LogP contribution in [0.15, 0.2) is 56.7 Å². The SMILES string of the molecule is O=c1[nH]c2c(Br)cccc2c(=O)n1-c1ccccn1. The number of pyridine rings is 1. The maximum absolute atomic E-state index is 12.4. The highest BCUT2D eigenvalue weighted by Crippen LogP contribution is 2.18. The normalized spacial score (nSPS) is 10.8. The molecule has 0 aliphatic carbocycles. The Kier molecular flexibility index (Phi) is 2.79. The van der Waals surface area contributed by atoms with Crippen molar-refractivity contribution in [2.45, 2.75) is 0 Å². The van der Waals surface area contributed by atoms with Gasteiger partial charge in [0.05, 0.1) is 10.9 Å². The summed E-state index contributed by atoms with van der Waals surface area (Å²) in [4.78, 5) is 31.2. The van der Waals surface area contributed by atoms with E-state index in [1.807, 2.05) is 0 Å². The van der Waals surface area contributed by atoms with Crippen molar-refractivity contribution >= 4 is 26.8 Å². The molecule has 0 aliphatic rings. The third-order valence-electron chi connectivity index (χ3n) is 2.76. The largest absolute Gasteiger partial charge is 0.334 e. The van der Waals surface area contributed by atoms with E-state index < -0.39 is 11.2 Å². The summed E-state index contributed by atoms with van der Waals surface area (Å²) in [5.41, 5.74) is -0.411. The highest BCUT2D eigenvalue weighted by atomic mass is 79.9. The van der Waals surface area contributed by atoms with Crippen LogP contribution in [0, 0.1) is 0 Å². The zero-order valence-corrected chi connectivity index (χ0v) is 11.2. The molecule has 0 fully saturated rings. The van der Waals surface area contributed by atoms with Gasteiger partial charge in [-0.2, -0.15) is 0 Å². The number of halogens is 1. The van der Waals surface area contributed by atoms with Gasteiger partial charge in [0.15, 0.2) is 0 Å². The van der Waals surface area contributed by atoms with Gasteiger partial charge in [0.2, 0.25) is 0 Å². The zero-order valence-electron chi connectivity index (χ0n) is 9.63. The lowest BCUT2D eigenvalue weighted by Gasteiger charge is -2.06. The summed E-state index contributed by atoms with van der Waals surface area (Å²) in [6, 6.07) is 10.2. The van der Waals surface area contributed by atoms with Gasteiger partial charge in [-0.3, -0.25) is 4.79 Å². The number of H-pyrrole nitrogens is 1. The average molecular weight is 318 g/mol. The molecule has 1 N–H and O–H groups in total. The minimum absolute atomic E-state index is 0.302. The number of nitrogens with one attached hydrogen (secondary N) is 1. The van der Waals surface area contributed by atoms with Crippen LogP contribution in [-0.4, -0.2) is 14.5 Å². The fraction of sp³-hybridized carbons (Fsp3) is 0. The van der Waals surface area contributed by atoms with Gasteiger partial charge in [-0.15, -0.1) is 0 Å². The molecular weight excluding hydrogens is 310 g/mol. The first-order valence-corrected chi connectivity index (χ1v) is 6.33. The van der Waals surface area contributed by atoms with E-state index in [1.54, 1.807) is 36.4 Å².